The van der Waals surface area contributed by atoms with Gasteiger partial charge in [0.1, 0.15) is 6.54 Å². The summed E-state index contributed by atoms with van der Waals surface area (Å²) in [7, 11) is 0. The summed E-state index contributed by atoms with van der Waals surface area (Å²) in [5.41, 5.74) is 2.46. The Bertz CT molecular complexity index is 704. The van der Waals surface area contributed by atoms with Crippen molar-refractivity contribution in [2.45, 2.75) is 20.4 Å². The molecule has 6 heteroatoms. The molecule has 2 amide bonds. The second kappa shape index (κ2) is 7.74. The van der Waals surface area contributed by atoms with Crippen LogP contribution in [0.1, 0.15) is 18.1 Å². The van der Waals surface area contributed by atoms with Crippen LogP contribution in [0.3, 0.4) is 0 Å². The van der Waals surface area contributed by atoms with Crippen molar-refractivity contribution in [3.8, 4) is 0 Å². The quantitative estimate of drug-likeness (QED) is 0.916. The maximum absolute atomic E-state index is 12.2. The van der Waals surface area contributed by atoms with Gasteiger partial charge >= 0.3 is 0 Å². The molecule has 1 heterocycles. The molecule has 2 rings (SSSR count). The largest absolute Gasteiger partial charge is 0.329 e. The van der Waals surface area contributed by atoms with E-state index in [1.165, 1.54) is 11.8 Å². The molecule has 0 radical (unpaired) electrons. The number of carbonyl (C=O) groups is 2. The molecule has 0 saturated heterocycles. The van der Waals surface area contributed by atoms with Crippen LogP contribution in [-0.4, -0.2) is 28.2 Å². The van der Waals surface area contributed by atoms with Crippen LogP contribution in [0.2, 0.25) is 5.02 Å². The lowest BCUT2D eigenvalue weighted by Crippen LogP contribution is -2.36. The molecule has 0 atom stereocenters. The number of rotatable bonds is 5. The number of benzene rings is 1. The lowest BCUT2D eigenvalue weighted by atomic mass is 10.2. The number of aromatic nitrogens is 1. The van der Waals surface area contributed by atoms with Crippen molar-refractivity contribution in [1.82, 2.24) is 9.88 Å². The Kier molecular flexibility index (Phi) is 5.71. The van der Waals surface area contributed by atoms with Gasteiger partial charge in [0.15, 0.2) is 0 Å². The fraction of sp³-hybridized carbons (Fsp3) is 0.235. The van der Waals surface area contributed by atoms with Gasteiger partial charge in [0.2, 0.25) is 11.8 Å². The van der Waals surface area contributed by atoms with Gasteiger partial charge in [-0.05, 0) is 42.3 Å². The van der Waals surface area contributed by atoms with Gasteiger partial charge in [-0.3, -0.25) is 14.6 Å². The van der Waals surface area contributed by atoms with E-state index >= 15 is 0 Å². The molecule has 0 aliphatic heterocycles. The minimum atomic E-state index is -0.269. The molecule has 1 N–H and O–H groups in total. The Hall–Kier alpha value is -2.40. The van der Waals surface area contributed by atoms with Gasteiger partial charge in [-0.25, -0.2) is 0 Å². The van der Waals surface area contributed by atoms with Crippen LogP contribution in [0.5, 0.6) is 0 Å². The molecule has 2 aromatic rings. The van der Waals surface area contributed by atoms with Gasteiger partial charge in [0, 0.05) is 36.6 Å². The Balaban J connectivity index is 2.00. The molecule has 1 aromatic heterocycles. The zero-order chi connectivity index (χ0) is 16.8. The number of pyridine rings is 1. The SMILES string of the molecule is CC(=O)N(CC(=O)Nc1ccc(C)c(Cl)c1)Cc1ccncc1. The smallest absolute Gasteiger partial charge is 0.244 e. The normalized spacial score (nSPS) is 10.2. The predicted molar refractivity (Wildman–Crippen MR) is 90.1 cm³/mol. The fourth-order valence-electron chi connectivity index (χ4n) is 2.03. The first kappa shape index (κ1) is 17.0. The van der Waals surface area contributed by atoms with Crippen LogP contribution in [0.15, 0.2) is 42.7 Å². The van der Waals surface area contributed by atoms with E-state index in [2.05, 4.69) is 10.3 Å². The molecule has 0 spiro atoms. The molecular weight excluding hydrogens is 314 g/mol. The summed E-state index contributed by atoms with van der Waals surface area (Å²) < 4.78 is 0. The number of carbonyl (C=O) groups excluding carboxylic acids is 2. The number of hydrogen-bond acceptors (Lipinski definition) is 3. The van der Waals surface area contributed by atoms with Crippen LogP contribution in [0, 0.1) is 6.92 Å². The molecule has 0 aliphatic carbocycles. The molecule has 23 heavy (non-hydrogen) atoms. The van der Waals surface area contributed by atoms with Crippen molar-refractivity contribution in [2.24, 2.45) is 0 Å². The maximum atomic E-state index is 12.2. The molecule has 0 saturated carbocycles. The number of amides is 2. The number of halogens is 1. The highest BCUT2D eigenvalue weighted by molar-refractivity contribution is 6.31. The highest BCUT2D eigenvalue weighted by atomic mass is 35.5. The van der Waals surface area contributed by atoms with E-state index in [9.17, 15) is 9.59 Å². The summed E-state index contributed by atoms with van der Waals surface area (Å²) in [6, 6.07) is 8.93. The first-order valence-electron chi connectivity index (χ1n) is 7.16. The molecule has 0 bridgehead atoms. The van der Waals surface area contributed by atoms with Crippen molar-refractivity contribution in [3.63, 3.8) is 0 Å². The number of aryl methyl sites for hydroxylation is 1. The molecule has 0 fully saturated rings. The molecule has 0 unspecified atom stereocenters. The van der Waals surface area contributed by atoms with E-state index in [0.29, 0.717) is 17.3 Å². The van der Waals surface area contributed by atoms with E-state index in [0.717, 1.165) is 11.1 Å². The van der Waals surface area contributed by atoms with E-state index in [1.807, 2.05) is 25.1 Å². The van der Waals surface area contributed by atoms with Crippen molar-refractivity contribution in [2.75, 3.05) is 11.9 Å². The maximum Gasteiger partial charge on any atom is 0.244 e. The third kappa shape index (κ3) is 5.07. The Morgan fingerprint density at radius 1 is 1.22 bits per heavy atom. The van der Waals surface area contributed by atoms with Crippen LogP contribution in [-0.2, 0) is 16.1 Å². The lowest BCUT2D eigenvalue weighted by molar-refractivity contribution is -0.133. The highest BCUT2D eigenvalue weighted by Crippen LogP contribution is 2.19. The van der Waals surface area contributed by atoms with Gasteiger partial charge in [-0.2, -0.15) is 0 Å². The molecule has 0 aliphatic rings. The van der Waals surface area contributed by atoms with E-state index in [4.69, 9.17) is 11.6 Å². The topological polar surface area (TPSA) is 62.3 Å². The van der Waals surface area contributed by atoms with Crippen LogP contribution >= 0.6 is 11.6 Å². The standard InChI is InChI=1S/C17H18ClN3O2/c1-12-3-4-15(9-16(12)18)20-17(23)11-21(13(2)22)10-14-5-7-19-8-6-14/h3-9H,10-11H2,1-2H3,(H,20,23). The van der Waals surface area contributed by atoms with Crippen LogP contribution in [0.4, 0.5) is 5.69 Å². The molecule has 5 nitrogen and oxygen atoms in total. The van der Waals surface area contributed by atoms with Gasteiger partial charge in [0.05, 0.1) is 0 Å². The number of anilines is 1. The van der Waals surface area contributed by atoms with Crippen molar-refractivity contribution in [1.29, 1.82) is 0 Å². The first-order valence-corrected chi connectivity index (χ1v) is 7.54. The van der Waals surface area contributed by atoms with E-state index in [1.54, 1.807) is 24.5 Å². The van der Waals surface area contributed by atoms with Crippen LogP contribution in [0.25, 0.3) is 0 Å². The van der Waals surface area contributed by atoms with E-state index in [-0.39, 0.29) is 18.4 Å². The summed E-state index contributed by atoms with van der Waals surface area (Å²) >= 11 is 6.04. The summed E-state index contributed by atoms with van der Waals surface area (Å²) in [6.45, 7) is 3.67. The number of nitrogens with zero attached hydrogens (tertiary/aromatic N) is 2. The van der Waals surface area contributed by atoms with Gasteiger partial charge in [-0.15, -0.1) is 0 Å². The first-order chi connectivity index (χ1) is 11.0. The molecule has 1 aromatic carbocycles. The molecule has 120 valence electrons. The van der Waals surface area contributed by atoms with Crippen molar-refractivity contribution >= 4 is 29.1 Å². The Morgan fingerprint density at radius 2 is 1.91 bits per heavy atom. The van der Waals surface area contributed by atoms with Crippen LogP contribution < -0.4 is 5.32 Å². The highest BCUT2D eigenvalue weighted by Gasteiger charge is 2.14. The lowest BCUT2D eigenvalue weighted by Gasteiger charge is -2.20. The summed E-state index contributed by atoms with van der Waals surface area (Å²) in [4.78, 5) is 29.3. The average molecular weight is 332 g/mol. The van der Waals surface area contributed by atoms with Gasteiger partial charge < -0.3 is 10.2 Å². The number of nitrogens with one attached hydrogen (secondary N) is 1. The third-order valence-electron chi connectivity index (χ3n) is 3.36. The predicted octanol–water partition coefficient (Wildman–Crippen LogP) is 3.03. The zero-order valence-corrected chi connectivity index (χ0v) is 13.8. The minimum absolute atomic E-state index is 0.0247. The Morgan fingerprint density at radius 3 is 2.52 bits per heavy atom. The summed E-state index contributed by atoms with van der Waals surface area (Å²) in [5.74, 6) is -0.437. The van der Waals surface area contributed by atoms with Gasteiger partial charge in [0.25, 0.3) is 0 Å². The van der Waals surface area contributed by atoms with Crippen molar-refractivity contribution in [3.05, 3.63) is 58.9 Å². The second-order valence-corrected chi connectivity index (χ2v) is 5.65. The number of hydrogen-bond donors (Lipinski definition) is 1. The average Bonchev–Trinajstić information content (AvgIpc) is 2.51. The summed E-state index contributed by atoms with van der Waals surface area (Å²) in [5, 5.41) is 3.34. The molecular formula is C17H18ClN3O2. The van der Waals surface area contributed by atoms with E-state index < -0.39 is 0 Å². The third-order valence-corrected chi connectivity index (χ3v) is 3.77. The zero-order valence-electron chi connectivity index (χ0n) is 13.0. The summed E-state index contributed by atoms with van der Waals surface area (Å²) in [6.07, 6.45) is 3.31. The monoisotopic (exact) mass is 331 g/mol. The van der Waals surface area contributed by atoms with Crippen molar-refractivity contribution < 1.29 is 9.59 Å². The second-order valence-electron chi connectivity index (χ2n) is 5.24. The van der Waals surface area contributed by atoms with Gasteiger partial charge in [-0.1, -0.05) is 17.7 Å². The fourth-order valence-corrected chi connectivity index (χ4v) is 2.21. The minimum Gasteiger partial charge on any atom is -0.329 e. The Labute approximate surface area is 140 Å².